The van der Waals surface area contributed by atoms with E-state index in [0.29, 0.717) is 17.7 Å². The summed E-state index contributed by atoms with van der Waals surface area (Å²) >= 11 is 0. The maximum atomic E-state index is 10.9. The Labute approximate surface area is 112 Å². The van der Waals surface area contributed by atoms with E-state index in [9.17, 15) is 10.1 Å². The summed E-state index contributed by atoms with van der Waals surface area (Å²) in [6, 6.07) is 3.24. The van der Waals surface area contributed by atoms with Crippen molar-refractivity contribution in [2.75, 3.05) is 37.8 Å². The van der Waals surface area contributed by atoms with Gasteiger partial charge in [-0.2, -0.15) is 0 Å². The van der Waals surface area contributed by atoms with Crippen LogP contribution in [0.1, 0.15) is 12.8 Å². The van der Waals surface area contributed by atoms with Gasteiger partial charge in [0.25, 0.3) is 5.69 Å². The Kier molecular flexibility index (Phi) is 4.16. The standard InChI is InChI=1S/C12H19N5O2/c1-13-11-7-10(17(18)19)8-12(15-11)14-9-3-5-16(2)6-4-9/h7-9H,3-6H2,1-2H3,(H2,13,14,15). The van der Waals surface area contributed by atoms with E-state index in [4.69, 9.17) is 0 Å². The van der Waals surface area contributed by atoms with Gasteiger partial charge in [-0.05, 0) is 33.0 Å². The molecule has 7 heteroatoms. The van der Waals surface area contributed by atoms with Crippen molar-refractivity contribution in [2.45, 2.75) is 18.9 Å². The van der Waals surface area contributed by atoms with Gasteiger partial charge >= 0.3 is 0 Å². The number of anilines is 2. The first-order valence-electron chi connectivity index (χ1n) is 6.38. The number of nitrogens with zero attached hydrogens (tertiary/aromatic N) is 3. The second kappa shape index (κ2) is 5.83. The van der Waals surface area contributed by atoms with Gasteiger partial charge in [-0.15, -0.1) is 0 Å². The number of piperidine rings is 1. The van der Waals surface area contributed by atoms with Crippen LogP contribution in [0.25, 0.3) is 0 Å². The largest absolute Gasteiger partial charge is 0.373 e. The maximum Gasteiger partial charge on any atom is 0.276 e. The molecule has 0 radical (unpaired) electrons. The fraction of sp³-hybridized carbons (Fsp3) is 0.583. The number of hydrogen-bond donors (Lipinski definition) is 2. The van der Waals surface area contributed by atoms with Gasteiger partial charge in [0.15, 0.2) is 0 Å². The lowest BCUT2D eigenvalue weighted by molar-refractivity contribution is -0.384. The third kappa shape index (κ3) is 3.54. The molecule has 0 unspecified atom stereocenters. The van der Waals surface area contributed by atoms with Crippen LogP contribution in [0.4, 0.5) is 17.3 Å². The van der Waals surface area contributed by atoms with E-state index in [2.05, 4.69) is 27.6 Å². The highest BCUT2D eigenvalue weighted by Gasteiger charge is 2.18. The van der Waals surface area contributed by atoms with Gasteiger partial charge in [0.1, 0.15) is 11.6 Å². The van der Waals surface area contributed by atoms with Crippen molar-refractivity contribution in [3.63, 3.8) is 0 Å². The summed E-state index contributed by atoms with van der Waals surface area (Å²) in [5.74, 6) is 1.07. The zero-order valence-electron chi connectivity index (χ0n) is 11.2. The van der Waals surface area contributed by atoms with Gasteiger partial charge in [-0.3, -0.25) is 10.1 Å². The van der Waals surface area contributed by atoms with Crippen LogP contribution < -0.4 is 10.6 Å². The highest BCUT2D eigenvalue weighted by Crippen LogP contribution is 2.22. The van der Waals surface area contributed by atoms with E-state index in [0.717, 1.165) is 25.9 Å². The molecule has 0 spiro atoms. The summed E-state index contributed by atoms with van der Waals surface area (Å²) in [4.78, 5) is 17.1. The summed E-state index contributed by atoms with van der Waals surface area (Å²) in [5, 5.41) is 17.0. The Morgan fingerprint density at radius 2 is 2.00 bits per heavy atom. The van der Waals surface area contributed by atoms with E-state index in [-0.39, 0.29) is 5.69 Å². The second-order valence-corrected chi connectivity index (χ2v) is 4.82. The smallest absolute Gasteiger partial charge is 0.276 e. The minimum atomic E-state index is -0.400. The van der Waals surface area contributed by atoms with Crippen molar-refractivity contribution >= 4 is 17.3 Å². The number of pyridine rings is 1. The highest BCUT2D eigenvalue weighted by molar-refractivity contribution is 5.54. The monoisotopic (exact) mass is 265 g/mol. The molecular weight excluding hydrogens is 246 g/mol. The van der Waals surface area contributed by atoms with E-state index < -0.39 is 4.92 Å². The van der Waals surface area contributed by atoms with Crippen molar-refractivity contribution in [1.82, 2.24) is 9.88 Å². The molecule has 1 aromatic heterocycles. The van der Waals surface area contributed by atoms with Crippen molar-refractivity contribution in [3.05, 3.63) is 22.2 Å². The van der Waals surface area contributed by atoms with Crippen LogP contribution in [0, 0.1) is 10.1 Å². The van der Waals surface area contributed by atoms with Crippen LogP contribution >= 0.6 is 0 Å². The Morgan fingerprint density at radius 3 is 2.58 bits per heavy atom. The van der Waals surface area contributed by atoms with Crippen LogP contribution in [0.2, 0.25) is 0 Å². The number of nitro groups is 1. The molecule has 104 valence electrons. The van der Waals surface area contributed by atoms with Crippen LogP contribution in [0.15, 0.2) is 12.1 Å². The molecule has 0 aliphatic carbocycles. The molecule has 2 N–H and O–H groups in total. The molecule has 1 aromatic rings. The predicted molar refractivity (Wildman–Crippen MR) is 74.6 cm³/mol. The van der Waals surface area contributed by atoms with Gasteiger partial charge in [0.2, 0.25) is 0 Å². The SMILES string of the molecule is CNc1cc([N+](=O)[O-])cc(NC2CCN(C)CC2)n1. The van der Waals surface area contributed by atoms with Crippen molar-refractivity contribution < 1.29 is 4.92 Å². The van der Waals surface area contributed by atoms with Crippen LogP contribution in [0.3, 0.4) is 0 Å². The molecule has 7 nitrogen and oxygen atoms in total. The van der Waals surface area contributed by atoms with Crippen LogP contribution in [0.5, 0.6) is 0 Å². The molecular formula is C12H19N5O2. The quantitative estimate of drug-likeness (QED) is 0.634. The number of hydrogen-bond acceptors (Lipinski definition) is 6. The Hall–Kier alpha value is -1.89. The van der Waals surface area contributed by atoms with Gasteiger partial charge in [-0.25, -0.2) is 4.98 Å². The number of rotatable bonds is 4. The zero-order valence-corrected chi connectivity index (χ0v) is 11.2. The van der Waals surface area contributed by atoms with Crippen LogP contribution in [-0.4, -0.2) is 48.0 Å². The number of likely N-dealkylation sites (tertiary alicyclic amines) is 1. The molecule has 1 aliphatic rings. The highest BCUT2D eigenvalue weighted by atomic mass is 16.6. The first-order valence-corrected chi connectivity index (χ1v) is 6.38. The van der Waals surface area contributed by atoms with E-state index in [1.165, 1.54) is 12.1 Å². The summed E-state index contributed by atoms with van der Waals surface area (Å²) in [6.45, 7) is 2.07. The molecule has 0 saturated carbocycles. The van der Waals surface area contributed by atoms with E-state index in [1.807, 2.05) is 0 Å². The van der Waals surface area contributed by atoms with Gasteiger partial charge < -0.3 is 15.5 Å². The van der Waals surface area contributed by atoms with Crippen molar-refractivity contribution in [1.29, 1.82) is 0 Å². The second-order valence-electron chi connectivity index (χ2n) is 4.82. The van der Waals surface area contributed by atoms with E-state index in [1.54, 1.807) is 7.05 Å². The first-order chi connectivity index (χ1) is 9.08. The third-order valence-corrected chi connectivity index (χ3v) is 3.35. The summed E-state index contributed by atoms with van der Waals surface area (Å²) < 4.78 is 0. The molecule has 0 atom stereocenters. The normalized spacial score (nSPS) is 17.2. The van der Waals surface area contributed by atoms with Gasteiger partial charge in [0.05, 0.1) is 17.1 Å². The average molecular weight is 265 g/mol. The Bertz CT molecular complexity index is 457. The first kappa shape index (κ1) is 13.5. The fourth-order valence-electron chi connectivity index (χ4n) is 2.19. The topological polar surface area (TPSA) is 83.3 Å². The van der Waals surface area contributed by atoms with Crippen molar-refractivity contribution in [3.8, 4) is 0 Å². The molecule has 0 amide bonds. The molecule has 2 heterocycles. The zero-order chi connectivity index (χ0) is 13.8. The molecule has 2 rings (SSSR count). The molecule has 0 aromatic carbocycles. The maximum absolute atomic E-state index is 10.9. The minimum absolute atomic E-state index is 0.0507. The molecule has 19 heavy (non-hydrogen) atoms. The molecule has 1 saturated heterocycles. The number of aromatic nitrogens is 1. The van der Waals surface area contributed by atoms with Crippen molar-refractivity contribution in [2.24, 2.45) is 0 Å². The van der Waals surface area contributed by atoms with Crippen LogP contribution in [-0.2, 0) is 0 Å². The molecule has 0 bridgehead atoms. The van der Waals surface area contributed by atoms with Gasteiger partial charge in [0, 0.05) is 13.1 Å². The van der Waals surface area contributed by atoms with Gasteiger partial charge in [-0.1, -0.05) is 0 Å². The molecule has 1 fully saturated rings. The average Bonchev–Trinajstić information content (AvgIpc) is 2.41. The van der Waals surface area contributed by atoms with E-state index >= 15 is 0 Å². The minimum Gasteiger partial charge on any atom is -0.373 e. The fourth-order valence-corrected chi connectivity index (χ4v) is 2.19. The summed E-state index contributed by atoms with van der Waals surface area (Å²) in [5.41, 5.74) is 0.0507. The summed E-state index contributed by atoms with van der Waals surface area (Å²) in [7, 11) is 3.80. The molecule has 1 aliphatic heterocycles. The predicted octanol–water partition coefficient (Wildman–Crippen LogP) is 1.54. The summed E-state index contributed by atoms with van der Waals surface area (Å²) in [6.07, 6.45) is 2.05. The Balaban J connectivity index is 2.10. The number of nitrogens with one attached hydrogen (secondary N) is 2. The Morgan fingerprint density at radius 1 is 1.37 bits per heavy atom. The third-order valence-electron chi connectivity index (χ3n) is 3.35. The lowest BCUT2D eigenvalue weighted by Crippen LogP contribution is -2.36. The lowest BCUT2D eigenvalue weighted by atomic mass is 10.1. The lowest BCUT2D eigenvalue weighted by Gasteiger charge is -2.29.